The zero-order valence-corrected chi connectivity index (χ0v) is 10.7. The molecule has 1 saturated heterocycles. The normalized spacial score (nSPS) is 36.8. The highest BCUT2D eigenvalue weighted by Crippen LogP contribution is 2.30. The third-order valence-corrected chi connectivity index (χ3v) is 4.62. The molecule has 1 aliphatic carbocycles. The Kier molecular flexibility index (Phi) is 4.66. The van der Waals surface area contributed by atoms with Crippen molar-refractivity contribution < 1.29 is 5.11 Å². The molecule has 2 rings (SSSR count). The van der Waals surface area contributed by atoms with E-state index in [-0.39, 0.29) is 0 Å². The Morgan fingerprint density at radius 2 is 1.81 bits per heavy atom. The quantitative estimate of drug-likeness (QED) is 0.794. The van der Waals surface area contributed by atoms with E-state index < -0.39 is 0 Å². The van der Waals surface area contributed by atoms with Crippen molar-refractivity contribution in [1.29, 1.82) is 0 Å². The topological polar surface area (TPSA) is 23.5 Å². The summed E-state index contributed by atoms with van der Waals surface area (Å²) in [7, 11) is 0. The fourth-order valence-electron chi connectivity index (χ4n) is 3.25. The molecular formula is C14H27NO. The van der Waals surface area contributed by atoms with Gasteiger partial charge in [-0.2, -0.15) is 0 Å². The lowest BCUT2D eigenvalue weighted by Crippen LogP contribution is -2.25. The van der Waals surface area contributed by atoms with Crippen molar-refractivity contribution in [2.75, 3.05) is 26.2 Å². The Morgan fingerprint density at radius 1 is 1.06 bits per heavy atom. The molecule has 2 heteroatoms. The molecule has 0 amide bonds. The average molecular weight is 225 g/mol. The van der Waals surface area contributed by atoms with Crippen molar-refractivity contribution in [3.63, 3.8) is 0 Å². The predicted octanol–water partition coefficient (Wildman–Crippen LogP) is 2.52. The van der Waals surface area contributed by atoms with Gasteiger partial charge in [0.2, 0.25) is 0 Å². The third kappa shape index (κ3) is 3.46. The fourth-order valence-corrected chi connectivity index (χ4v) is 3.25. The van der Waals surface area contributed by atoms with E-state index >= 15 is 0 Å². The molecule has 1 unspecified atom stereocenters. The summed E-state index contributed by atoms with van der Waals surface area (Å²) in [6.07, 6.45) is 8.41. The van der Waals surface area contributed by atoms with Gasteiger partial charge in [0.15, 0.2) is 0 Å². The summed E-state index contributed by atoms with van der Waals surface area (Å²) in [6, 6.07) is 0. The zero-order valence-electron chi connectivity index (χ0n) is 10.7. The molecule has 16 heavy (non-hydrogen) atoms. The standard InChI is InChI=1S/C14H27NO/c1-12-2-4-13(5-3-12)6-8-15-9-7-14(10-15)11-16/h12-14,16H,2-11H2,1H3. The summed E-state index contributed by atoms with van der Waals surface area (Å²) in [5.41, 5.74) is 0. The van der Waals surface area contributed by atoms with Gasteiger partial charge in [-0.3, -0.25) is 0 Å². The van der Waals surface area contributed by atoms with Crippen molar-refractivity contribution >= 4 is 0 Å². The Balaban J connectivity index is 1.61. The van der Waals surface area contributed by atoms with Crippen LogP contribution in [0.15, 0.2) is 0 Å². The molecule has 1 atom stereocenters. The van der Waals surface area contributed by atoms with Gasteiger partial charge >= 0.3 is 0 Å². The largest absolute Gasteiger partial charge is 0.396 e. The second kappa shape index (κ2) is 6.02. The Hall–Kier alpha value is -0.0800. The van der Waals surface area contributed by atoms with Gasteiger partial charge in [0.1, 0.15) is 0 Å². The second-order valence-corrected chi connectivity index (χ2v) is 6.05. The number of hydrogen-bond acceptors (Lipinski definition) is 2. The summed E-state index contributed by atoms with van der Waals surface area (Å²) < 4.78 is 0. The van der Waals surface area contributed by atoms with Crippen LogP contribution in [0.5, 0.6) is 0 Å². The van der Waals surface area contributed by atoms with Crippen LogP contribution in [0.3, 0.4) is 0 Å². The van der Waals surface area contributed by atoms with Crippen LogP contribution < -0.4 is 0 Å². The van der Waals surface area contributed by atoms with E-state index in [1.54, 1.807) is 0 Å². The first kappa shape index (κ1) is 12.4. The van der Waals surface area contributed by atoms with Gasteiger partial charge in [0, 0.05) is 13.2 Å². The van der Waals surface area contributed by atoms with Gasteiger partial charge in [-0.15, -0.1) is 0 Å². The number of nitrogens with zero attached hydrogens (tertiary/aromatic N) is 1. The Labute approximate surface area is 100 Å². The lowest BCUT2D eigenvalue weighted by atomic mass is 9.81. The van der Waals surface area contributed by atoms with Gasteiger partial charge < -0.3 is 10.0 Å². The van der Waals surface area contributed by atoms with E-state index in [2.05, 4.69) is 11.8 Å². The van der Waals surface area contributed by atoms with Crippen molar-refractivity contribution in [1.82, 2.24) is 4.90 Å². The maximum absolute atomic E-state index is 9.10. The summed E-state index contributed by atoms with van der Waals surface area (Å²) >= 11 is 0. The number of likely N-dealkylation sites (tertiary alicyclic amines) is 1. The number of aliphatic hydroxyl groups excluding tert-OH is 1. The molecular weight excluding hydrogens is 198 g/mol. The molecule has 2 fully saturated rings. The van der Waals surface area contributed by atoms with Gasteiger partial charge in [-0.25, -0.2) is 0 Å². The molecule has 0 aromatic heterocycles. The molecule has 0 bridgehead atoms. The molecule has 0 aromatic carbocycles. The SMILES string of the molecule is CC1CCC(CCN2CCC(CO)C2)CC1. The molecule has 1 saturated carbocycles. The minimum absolute atomic E-state index is 0.386. The zero-order chi connectivity index (χ0) is 11.4. The van der Waals surface area contributed by atoms with E-state index in [1.807, 2.05) is 0 Å². The van der Waals surface area contributed by atoms with Gasteiger partial charge in [-0.05, 0) is 43.7 Å². The lowest BCUT2D eigenvalue weighted by molar-refractivity contribution is 0.208. The van der Waals surface area contributed by atoms with E-state index in [9.17, 15) is 0 Å². The van der Waals surface area contributed by atoms with Crippen molar-refractivity contribution in [3.8, 4) is 0 Å². The van der Waals surface area contributed by atoms with Crippen LogP contribution in [-0.2, 0) is 0 Å². The summed E-state index contributed by atoms with van der Waals surface area (Å²) in [4.78, 5) is 2.55. The first-order chi connectivity index (χ1) is 7.78. The highest BCUT2D eigenvalue weighted by Gasteiger charge is 2.23. The minimum Gasteiger partial charge on any atom is -0.396 e. The first-order valence-corrected chi connectivity index (χ1v) is 7.11. The highest BCUT2D eigenvalue weighted by atomic mass is 16.3. The lowest BCUT2D eigenvalue weighted by Gasteiger charge is -2.27. The van der Waals surface area contributed by atoms with Crippen LogP contribution in [0.2, 0.25) is 0 Å². The van der Waals surface area contributed by atoms with Gasteiger partial charge in [0.25, 0.3) is 0 Å². The molecule has 94 valence electrons. The monoisotopic (exact) mass is 225 g/mol. The van der Waals surface area contributed by atoms with E-state index in [1.165, 1.54) is 51.6 Å². The van der Waals surface area contributed by atoms with Crippen LogP contribution in [-0.4, -0.2) is 36.2 Å². The number of aliphatic hydroxyl groups is 1. The fraction of sp³-hybridized carbons (Fsp3) is 1.00. The van der Waals surface area contributed by atoms with Crippen LogP contribution in [0.25, 0.3) is 0 Å². The van der Waals surface area contributed by atoms with Crippen LogP contribution in [0, 0.1) is 17.8 Å². The number of hydrogen-bond donors (Lipinski definition) is 1. The van der Waals surface area contributed by atoms with Crippen molar-refractivity contribution in [3.05, 3.63) is 0 Å². The van der Waals surface area contributed by atoms with E-state index in [0.717, 1.165) is 18.4 Å². The van der Waals surface area contributed by atoms with Gasteiger partial charge in [0.05, 0.1) is 0 Å². The molecule has 2 aliphatic rings. The van der Waals surface area contributed by atoms with Crippen LogP contribution >= 0.6 is 0 Å². The van der Waals surface area contributed by atoms with Crippen molar-refractivity contribution in [2.45, 2.75) is 45.4 Å². The molecule has 1 aliphatic heterocycles. The first-order valence-electron chi connectivity index (χ1n) is 7.11. The van der Waals surface area contributed by atoms with E-state index in [0.29, 0.717) is 12.5 Å². The smallest absolute Gasteiger partial charge is 0.0471 e. The highest BCUT2D eigenvalue weighted by molar-refractivity contribution is 4.77. The second-order valence-electron chi connectivity index (χ2n) is 6.05. The molecule has 1 heterocycles. The maximum Gasteiger partial charge on any atom is 0.0471 e. The van der Waals surface area contributed by atoms with Crippen molar-refractivity contribution in [2.24, 2.45) is 17.8 Å². The molecule has 0 radical (unpaired) electrons. The summed E-state index contributed by atoms with van der Waals surface area (Å²) in [5.74, 6) is 2.53. The average Bonchev–Trinajstić information content (AvgIpc) is 2.76. The summed E-state index contributed by atoms with van der Waals surface area (Å²) in [5, 5.41) is 9.10. The Morgan fingerprint density at radius 3 is 2.44 bits per heavy atom. The minimum atomic E-state index is 0.386. The molecule has 2 nitrogen and oxygen atoms in total. The predicted molar refractivity (Wildman–Crippen MR) is 67.4 cm³/mol. The molecule has 0 spiro atoms. The van der Waals surface area contributed by atoms with Crippen LogP contribution in [0.4, 0.5) is 0 Å². The Bertz CT molecular complexity index is 197. The maximum atomic E-state index is 9.10. The number of rotatable bonds is 4. The summed E-state index contributed by atoms with van der Waals surface area (Å²) in [6.45, 7) is 6.41. The molecule has 0 aromatic rings. The van der Waals surface area contributed by atoms with Crippen LogP contribution in [0.1, 0.15) is 45.4 Å². The van der Waals surface area contributed by atoms with Gasteiger partial charge in [-0.1, -0.05) is 32.6 Å². The third-order valence-electron chi connectivity index (χ3n) is 4.62. The van der Waals surface area contributed by atoms with E-state index in [4.69, 9.17) is 5.11 Å². The molecule has 1 N–H and O–H groups in total.